The number of unbranched alkanes of at least 4 members (excludes halogenated alkanes) is 4. The maximum atomic E-state index is 11.3. The van der Waals surface area contributed by atoms with Crippen LogP contribution in [0.4, 0.5) is 0 Å². The highest BCUT2D eigenvalue weighted by molar-refractivity contribution is 5.80. The van der Waals surface area contributed by atoms with Gasteiger partial charge >= 0.3 is 0 Å². The summed E-state index contributed by atoms with van der Waals surface area (Å²) in [5.41, 5.74) is 0. The Morgan fingerprint density at radius 1 is 1.14 bits per heavy atom. The van der Waals surface area contributed by atoms with Gasteiger partial charge in [0.1, 0.15) is 5.78 Å². The van der Waals surface area contributed by atoms with Crippen LogP contribution in [-0.4, -0.2) is 5.78 Å². The van der Waals surface area contributed by atoms with Gasteiger partial charge in [-0.2, -0.15) is 0 Å². The van der Waals surface area contributed by atoms with Gasteiger partial charge in [0.2, 0.25) is 0 Å². The van der Waals surface area contributed by atoms with E-state index in [-0.39, 0.29) is 5.92 Å². The minimum Gasteiger partial charge on any atom is -0.299 e. The molecule has 82 valence electrons. The third-order valence-electron chi connectivity index (χ3n) is 2.42. The monoisotopic (exact) mass is 196 g/mol. The van der Waals surface area contributed by atoms with Crippen molar-refractivity contribution in [3.8, 4) is 0 Å². The van der Waals surface area contributed by atoms with Gasteiger partial charge < -0.3 is 0 Å². The van der Waals surface area contributed by atoms with Gasteiger partial charge in [-0.3, -0.25) is 4.79 Å². The van der Waals surface area contributed by atoms with E-state index in [2.05, 4.69) is 19.1 Å². The lowest BCUT2D eigenvalue weighted by molar-refractivity contribution is -0.122. The average Bonchev–Trinajstić information content (AvgIpc) is 2.16. The SMILES string of the molecule is C/C=C/CCCCCCC(=O)C(C)C. The molecule has 14 heavy (non-hydrogen) atoms. The van der Waals surface area contributed by atoms with Gasteiger partial charge in [-0.1, -0.05) is 38.8 Å². The van der Waals surface area contributed by atoms with Crippen molar-refractivity contribution in [3.05, 3.63) is 12.2 Å². The van der Waals surface area contributed by atoms with Crippen LogP contribution in [0.1, 0.15) is 59.3 Å². The highest BCUT2D eigenvalue weighted by atomic mass is 16.1. The first-order valence-corrected chi connectivity index (χ1v) is 5.82. The van der Waals surface area contributed by atoms with E-state index in [1.165, 1.54) is 25.7 Å². The second-order valence-corrected chi connectivity index (χ2v) is 4.14. The minimum absolute atomic E-state index is 0.220. The zero-order chi connectivity index (χ0) is 10.8. The normalized spacial score (nSPS) is 11.4. The Bertz CT molecular complexity index is 168. The van der Waals surface area contributed by atoms with E-state index in [1.807, 2.05) is 13.8 Å². The molecule has 0 aliphatic heterocycles. The fraction of sp³-hybridized carbons (Fsp3) is 0.769. The predicted octanol–water partition coefficient (Wildman–Crippen LogP) is 4.13. The van der Waals surface area contributed by atoms with Gasteiger partial charge in [0, 0.05) is 12.3 Å². The van der Waals surface area contributed by atoms with Crippen molar-refractivity contribution in [1.82, 2.24) is 0 Å². The van der Waals surface area contributed by atoms with Crippen molar-refractivity contribution in [1.29, 1.82) is 0 Å². The van der Waals surface area contributed by atoms with Gasteiger partial charge in [-0.25, -0.2) is 0 Å². The van der Waals surface area contributed by atoms with E-state index < -0.39 is 0 Å². The average molecular weight is 196 g/mol. The van der Waals surface area contributed by atoms with Crippen LogP contribution in [0.3, 0.4) is 0 Å². The van der Waals surface area contributed by atoms with E-state index in [0.717, 1.165) is 12.8 Å². The van der Waals surface area contributed by atoms with E-state index in [4.69, 9.17) is 0 Å². The Kier molecular flexibility index (Phi) is 8.61. The molecule has 0 aromatic rings. The largest absolute Gasteiger partial charge is 0.299 e. The molecule has 0 aromatic heterocycles. The Balaban J connectivity index is 3.17. The molecule has 0 unspecified atom stereocenters. The standard InChI is InChI=1S/C13H24O/c1-4-5-6-7-8-9-10-11-13(14)12(2)3/h4-5,12H,6-11H2,1-3H3/b5-4+. The molecule has 1 nitrogen and oxygen atoms in total. The first-order chi connectivity index (χ1) is 6.68. The second-order valence-electron chi connectivity index (χ2n) is 4.14. The molecule has 0 atom stereocenters. The Labute approximate surface area is 88.6 Å². The third-order valence-corrected chi connectivity index (χ3v) is 2.42. The molecular weight excluding hydrogens is 172 g/mol. The van der Waals surface area contributed by atoms with Crippen molar-refractivity contribution in [2.45, 2.75) is 59.3 Å². The lowest BCUT2D eigenvalue weighted by Gasteiger charge is -2.03. The first-order valence-electron chi connectivity index (χ1n) is 5.82. The Morgan fingerprint density at radius 3 is 2.36 bits per heavy atom. The number of Topliss-reactive ketones (excluding diaryl/α,β-unsaturated/α-hetero) is 1. The summed E-state index contributed by atoms with van der Waals surface area (Å²) in [7, 11) is 0. The van der Waals surface area contributed by atoms with Crippen LogP contribution in [0.2, 0.25) is 0 Å². The number of ketones is 1. The van der Waals surface area contributed by atoms with Crippen molar-refractivity contribution in [2.24, 2.45) is 5.92 Å². The smallest absolute Gasteiger partial charge is 0.135 e. The molecule has 0 spiro atoms. The molecule has 0 aromatic carbocycles. The summed E-state index contributed by atoms with van der Waals surface area (Å²) in [6.45, 7) is 6.02. The number of hydrogen-bond acceptors (Lipinski definition) is 1. The Hall–Kier alpha value is -0.590. The molecule has 0 aliphatic rings. The molecular formula is C13H24O. The quantitative estimate of drug-likeness (QED) is 0.421. The lowest BCUT2D eigenvalue weighted by atomic mass is 10.0. The van der Waals surface area contributed by atoms with Crippen molar-refractivity contribution in [3.63, 3.8) is 0 Å². The lowest BCUT2D eigenvalue weighted by Crippen LogP contribution is -2.05. The van der Waals surface area contributed by atoms with Gasteiger partial charge in [0.05, 0.1) is 0 Å². The molecule has 0 rings (SSSR count). The molecule has 1 heteroatoms. The molecule has 0 aliphatic carbocycles. The first kappa shape index (κ1) is 13.4. The summed E-state index contributed by atoms with van der Waals surface area (Å²) in [5, 5.41) is 0. The van der Waals surface area contributed by atoms with Crippen molar-refractivity contribution >= 4 is 5.78 Å². The van der Waals surface area contributed by atoms with Gasteiger partial charge in [0.15, 0.2) is 0 Å². The number of hydrogen-bond donors (Lipinski definition) is 0. The van der Waals surface area contributed by atoms with E-state index in [0.29, 0.717) is 5.78 Å². The maximum absolute atomic E-state index is 11.3. The topological polar surface area (TPSA) is 17.1 Å². The third kappa shape index (κ3) is 8.03. The molecule has 0 saturated heterocycles. The van der Waals surface area contributed by atoms with Crippen LogP contribution in [0.5, 0.6) is 0 Å². The molecule has 0 bridgehead atoms. The summed E-state index contributed by atoms with van der Waals surface area (Å²) >= 11 is 0. The zero-order valence-electron chi connectivity index (χ0n) is 9.88. The van der Waals surface area contributed by atoms with E-state index in [1.54, 1.807) is 0 Å². The second kappa shape index (κ2) is 8.98. The van der Waals surface area contributed by atoms with Crippen molar-refractivity contribution in [2.75, 3.05) is 0 Å². The summed E-state index contributed by atoms with van der Waals surface area (Å²) in [6.07, 6.45) is 11.1. The highest BCUT2D eigenvalue weighted by Crippen LogP contribution is 2.08. The molecule has 0 saturated carbocycles. The fourth-order valence-corrected chi connectivity index (χ4v) is 1.37. The summed E-state index contributed by atoms with van der Waals surface area (Å²) in [6, 6.07) is 0. The zero-order valence-corrected chi connectivity index (χ0v) is 9.88. The van der Waals surface area contributed by atoms with Crippen LogP contribution < -0.4 is 0 Å². The number of carbonyl (C=O) groups excluding carboxylic acids is 1. The molecule has 0 fully saturated rings. The molecule has 0 radical (unpaired) electrons. The summed E-state index contributed by atoms with van der Waals surface area (Å²) in [4.78, 5) is 11.3. The molecule has 0 amide bonds. The van der Waals surface area contributed by atoms with Crippen LogP contribution in [0.15, 0.2) is 12.2 Å². The number of carbonyl (C=O) groups is 1. The van der Waals surface area contributed by atoms with Gasteiger partial charge in [-0.05, 0) is 26.2 Å². The summed E-state index contributed by atoms with van der Waals surface area (Å²) in [5.74, 6) is 0.636. The van der Waals surface area contributed by atoms with Crippen molar-refractivity contribution < 1.29 is 4.79 Å². The van der Waals surface area contributed by atoms with Gasteiger partial charge in [-0.15, -0.1) is 0 Å². The Morgan fingerprint density at radius 2 is 1.79 bits per heavy atom. The van der Waals surface area contributed by atoms with Crippen LogP contribution in [0, 0.1) is 5.92 Å². The van der Waals surface area contributed by atoms with E-state index in [9.17, 15) is 4.79 Å². The van der Waals surface area contributed by atoms with E-state index >= 15 is 0 Å². The number of allylic oxidation sites excluding steroid dienone is 2. The number of rotatable bonds is 8. The van der Waals surface area contributed by atoms with Gasteiger partial charge in [0.25, 0.3) is 0 Å². The highest BCUT2D eigenvalue weighted by Gasteiger charge is 2.05. The van der Waals surface area contributed by atoms with Crippen LogP contribution in [-0.2, 0) is 4.79 Å². The fourth-order valence-electron chi connectivity index (χ4n) is 1.37. The van der Waals surface area contributed by atoms with Crippen LogP contribution in [0.25, 0.3) is 0 Å². The summed E-state index contributed by atoms with van der Waals surface area (Å²) < 4.78 is 0. The molecule has 0 heterocycles. The minimum atomic E-state index is 0.220. The maximum Gasteiger partial charge on any atom is 0.135 e. The predicted molar refractivity (Wildman–Crippen MR) is 62.4 cm³/mol. The van der Waals surface area contributed by atoms with Crippen LogP contribution >= 0.6 is 0 Å². The molecule has 0 N–H and O–H groups in total.